The number of nitrogens with two attached hydrogens (primary N) is 1. The van der Waals surface area contributed by atoms with Crippen LogP contribution >= 0.6 is 31.9 Å². The van der Waals surface area contributed by atoms with Crippen molar-refractivity contribution < 1.29 is 16.8 Å². The first-order valence-electron chi connectivity index (χ1n) is 10.7. The zero-order valence-electron chi connectivity index (χ0n) is 20.7. The second-order valence-corrected chi connectivity index (χ2v) is 14.8. The molecular weight excluding hydrogens is 606 g/mol. The Morgan fingerprint density at radius 1 is 0.735 bits per heavy atom. The molecule has 0 aliphatic carbocycles. The van der Waals surface area contributed by atoms with E-state index in [9.17, 15) is 16.8 Å². The minimum atomic E-state index is -3.53. The lowest BCUT2D eigenvalue weighted by molar-refractivity contribution is 0.489. The lowest BCUT2D eigenvalue weighted by Crippen LogP contribution is -2.40. The van der Waals surface area contributed by atoms with E-state index in [2.05, 4.69) is 41.3 Å². The third-order valence-electron chi connectivity index (χ3n) is 4.10. The van der Waals surface area contributed by atoms with Gasteiger partial charge in [-0.1, -0.05) is 19.1 Å². The average molecular weight is 641 g/mol. The van der Waals surface area contributed by atoms with E-state index < -0.39 is 31.1 Å². The molecule has 34 heavy (non-hydrogen) atoms. The van der Waals surface area contributed by atoms with Crippen molar-refractivity contribution in [3.63, 3.8) is 0 Å². The topological polar surface area (TPSA) is 118 Å². The van der Waals surface area contributed by atoms with Crippen LogP contribution in [0.15, 0.2) is 55.1 Å². The molecule has 0 bridgehead atoms. The van der Waals surface area contributed by atoms with E-state index in [0.717, 1.165) is 17.5 Å². The van der Waals surface area contributed by atoms with E-state index in [4.69, 9.17) is 5.73 Å². The van der Waals surface area contributed by atoms with Gasteiger partial charge in [-0.25, -0.2) is 26.3 Å². The molecule has 4 N–H and O–H groups in total. The van der Waals surface area contributed by atoms with Crippen molar-refractivity contribution in [2.45, 2.75) is 82.3 Å². The van der Waals surface area contributed by atoms with Gasteiger partial charge in [-0.05, 0) is 115 Å². The Kier molecular flexibility index (Phi) is 11.0. The number of sulfonamides is 2. The van der Waals surface area contributed by atoms with Crippen LogP contribution in [0.2, 0.25) is 0 Å². The first-order chi connectivity index (χ1) is 15.3. The maximum atomic E-state index is 12.2. The second kappa shape index (κ2) is 11.9. The fraction of sp³-hybridized carbons (Fsp3) is 0.478. The van der Waals surface area contributed by atoms with E-state index in [0.29, 0.717) is 20.4 Å². The van der Waals surface area contributed by atoms with E-state index in [-0.39, 0.29) is 4.90 Å². The fourth-order valence-corrected chi connectivity index (χ4v) is 7.64. The number of benzene rings is 2. The van der Waals surface area contributed by atoms with Gasteiger partial charge in [0.1, 0.15) is 0 Å². The summed E-state index contributed by atoms with van der Waals surface area (Å²) < 4.78 is 55.1. The zero-order valence-corrected chi connectivity index (χ0v) is 25.5. The van der Waals surface area contributed by atoms with Gasteiger partial charge in [0.2, 0.25) is 20.0 Å². The number of hydrogen-bond acceptors (Lipinski definition) is 5. The smallest absolute Gasteiger partial charge is 0.242 e. The van der Waals surface area contributed by atoms with Crippen LogP contribution in [0.1, 0.15) is 59.6 Å². The van der Waals surface area contributed by atoms with E-state index >= 15 is 0 Å². The predicted octanol–water partition coefficient (Wildman–Crippen LogP) is 5.07. The summed E-state index contributed by atoms with van der Waals surface area (Å²) >= 11 is 6.53. The molecule has 0 heterocycles. The van der Waals surface area contributed by atoms with Gasteiger partial charge in [-0.2, -0.15) is 0 Å². The molecule has 0 aliphatic heterocycles. The summed E-state index contributed by atoms with van der Waals surface area (Å²) in [4.78, 5) is 0.516. The van der Waals surface area contributed by atoms with Crippen LogP contribution in [0, 0.1) is 0 Å². The monoisotopic (exact) mass is 639 g/mol. The van der Waals surface area contributed by atoms with Crippen molar-refractivity contribution in [3.8, 4) is 0 Å². The molecule has 2 aromatic rings. The van der Waals surface area contributed by atoms with Gasteiger partial charge in [0, 0.05) is 26.6 Å². The third kappa shape index (κ3) is 10.0. The molecule has 11 heteroatoms. The van der Waals surface area contributed by atoms with Crippen molar-refractivity contribution >= 4 is 51.9 Å². The molecule has 0 unspecified atom stereocenters. The van der Waals surface area contributed by atoms with Crippen molar-refractivity contribution in [2.75, 3.05) is 0 Å². The quantitative estimate of drug-likeness (QED) is 0.407. The SMILES string of the molecule is CC(C)(C)NS(=O)(=O)c1cc(CN)ccc1Br.CCc1ccc(Br)c(S(=O)(=O)NC(C)(C)C)c1. The van der Waals surface area contributed by atoms with Gasteiger partial charge in [0.25, 0.3) is 0 Å². The lowest BCUT2D eigenvalue weighted by atomic mass is 10.1. The Morgan fingerprint density at radius 3 is 1.41 bits per heavy atom. The number of aryl methyl sites for hydroxylation is 1. The maximum Gasteiger partial charge on any atom is 0.242 e. The molecule has 0 aromatic heterocycles. The van der Waals surface area contributed by atoms with Crippen LogP contribution in [0.5, 0.6) is 0 Å². The number of hydrogen-bond donors (Lipinski definition) is 3. The van der Waals surface area contributed by atoms with Crippen LogP contribution in [-0.4, -0.2) is 27.9 Å². The number of nitrogens with one attached hydrogen (secondary N) is 2. The molecular formula is C23H35Br2N3O4S2. The summed E-state index contributed by atoms with van der Waals surface area (Å²) in [7, 11) is -7.01. The Morgan fingerprint density at radius 2 is 1.09 bits per heavy atom. The van der Waals surface area contributed by atoms with Gasteiger partial charge < -0.3 is 5.73 Å². The highest BCUT2D eigenvalue weighted by atomic mass is 79.9. The zero-order chi connectivity index (χ0) is 26.5. The highest BCUT2D eigenvalue weighted by Crippen LogP contribution is 2.25. The summed E-state index contributed by atoms with van der Waals surface area (Å²) in [5.41, 5.74) is 6.29. The van der Waals surface area contributed by atoms with Crippen LogP contribution in [-0.2, 0) is 33.0 Å². The van der Waals surface area contributed by atoms with E-state index in [1.54, 1.807) is 51.1 Å². The Labute approximate surface area is 221 Å². The highest BCUT2D eigenvalue weighted by molar-refractivity contribution is 9.10. The van der Waals surface area contributed by atoms with Crippen molar-refractivity contribution in [3.05, 3.63) is 56.5 Å². The average Bonchev–Trinajstić information content (AvgIpc) is 2.65. The Balaban J connectivity index is 0.000000340. The van der Waals surface area contributed by atoms with Crippen molar-refractivity contribution in [1.29, 1.82) is 0 Å². The highest BCUT2D eigenvalue weighted by Gasteiger charge is 2.25. The van der Waals surface area contributed by atoms with Crippen LogP contribution in [0.4, 0.5) is 0 Å². The second-order valence-electron chi connectivity index (χ2n) is 9.80. The molecule has 2 aromatic carbocycles. The third-order valence-corrected chi connectivity index (χ3v) is 9.60. The standard InChI is InChI=1S/C12H18BrNO2S.C11H17BrN2O2S/c1-5-9-6-7-10(13)11(8-9)17(15,16)14-12(2,3)4;1-11(2,3)14-17(15,16)10-6-8(7-13)4-5-9(10)12/h6-8,14H,5H2,1-4H3;4-6,14H,7,13H2,1-3H3. The molecule has 0 saturated heterocycles. The minimum Gasteiger partial charge on any atom is -0.326 e. The van der Waals surface area contributed by atoms with Crippen molar-refractivity contribution in [2.24, 2.45) is 5.73 Å². The van der Waals surface area contributed by atoms with Gasteiger partial charge in [0.15, 0.2) is 0 Å². The predicted molar refractivity (Wildman–Crippen MR) is 146 cm³/mol. The van der Waals surface area contributed by atoms with Gasteiger partial charge in [0.05, 0.1) is 9.79 Å². The largest absolute Gasteiger partial charge is 0.326 e. The Bertz CT molecular complexity index is 1110. The lowest BCUT2D eigenvalue weighted by Gasteiger charge is -2.21. The molecule has 0 radical (unpaired) electrons. The molecule has 0 aliphatic rings. The van der Waals surface area contributed by atoms with Crippen LogP contribution in [0.3, 0.4) is 0 Å². The summed E-state index contributed by atoms with van der Waals surface area (Å²) in [6.07, 6.45) is 0.811. The molecule has 0 fully saturated rings. The minimum absolute atomic E-state index is 0.218. The van der Waals surface area contributed by atoms with E-state index in [1.807, 2.05) is 33.8 Å². The maximum absolute atomic E-state index is 12.2. The molecule has 7 nitrogen and oxygen atoms in total. The summed E-state index contributed by atoms with van der Waals surface area (Å²) in [5, 5.41) is 0. The molecule has 0 saturated carbocycles. The summed E-state index contributed by atoms with van der Waals surface area (Å²) in [6, 6.07) is 10.5. The molecule has 0 spiro atoms. The summed E-state index contributed by atoms with van der Waals surface area (Å²) in [6.45, 7) is 13.2. The van der Waals surface area contributed by atoms with Crippen LogP contribution < -0.4 is 15.2 Å². The normalized spacial score (nSPS) is 12.8. The number of halogens is 2. The molecule has 0 atom stereocenters. The Hall–Kier alpha value is -0.820. The first kappa shape index (κ1) is 31.2. The fourth-order valence-electron chi connectivity index (χ4n) is 2.77. The summed E-state index contributed by atoms with van der Waals surface area (Å²) in [5.74, 6) is 0. The van der Waals surface area contributed by atoms with Gasteiger partial charge in [-0.3, -0.25) is 0 Å². The number of rotatable bonds is 6. The van der Waals surface area contributed by atoms with Crippen LogP contribution in [0.25, 0.3) is 0 Å². The first-order valence-corrected chi connectivity index (χ1v) is 15.2. The molecule has 0 amide bonds. The van der Waals surface area contributed by atoms with E-state index in [1.165, 1.54) is 0 Å². The molecule has 2 rings (SSSR count). The molecule has 192 valence electrons. The van der Waals surface area contributed by atoms with Crippen molar-refractivity contribution in [1.82, 2.24) is 9.44 Å². The van der Waals surface area contributed by atoms with Gasteiger partial charge >= 0.3 is 0 Å². The van der Waals surface area contributed by atoms with Gasteiger partial charge in [-0.15, -0.1) is 0 Å².